The van der Waals surface area contributed by atoms with Crippen molar-refractivity contribution in [3.63, 3.8) is 0 Å². The zero-order valence-corrected chi connectivity index (χ0v) is 35.3. The normalized spacial score (nSPS) is 20.4. The largest absolute Gasteiger partial charge is 0.399 e. The van der Waals surface area contributed by atoms with E-state index in [2.05, 4.69) is 52.0 Å². The van der Waals surface area contributed by atoms with Crippen LogP contribution in [0, 0.1) is 0 Å². The van der Waals surface area contributed by atoms with Crippen molar-refractivity contribution in [2.45, 2.75) is 111 Å². The number of benzene rings is 2. The van der Waals surface area contributed by atoms with Crippen molar-refractivity contribution in [1.82, 2.24) is 4.90 Å². The number of nitrogens with zero attached hydrogens (tertiary/aromatic N) is 1. The van der Waals surface area contributed by atoms with Gasteiger partial charge in [0.2, 0.25) is 5.91 Å². The molecule has 0 aliphatic carbocycles. The Bertz CT molecular complexity index is 1450. The first-order valence-electron chi connectivity index (χ1n) is 18.7. The molecule has 5 atom stereocenters. The van der Waals surface area contributed by atoms with Crippen molar-refractivity contribution >= 4 is 38.0 Å². The summed E-state index contributed by atoms with van der Waals surface area (Å²) >= 11 is 0. The number of hydrogen-bond acceptors (Lipinski definition) is 10. The Hall–Kier alpha value is -2.51. The van der Waals surface area contributed by atoms with E-state index in [1.807, 2.05) is 36.4 Å². The van der Waals surface area contributed by atoms with Gasteiger partial charge in [0.25, 0.3) is 8.32 Å². The Balaban J connectivity index is 2.41. The molecule has 296 valence electrons. The van der Waals surface area contributed by atoms with E-state index in [4.69, 9.17) is 32.4 Å². The van der Waals surface area contributed by atoms with Gasteiger partial charge in [0.15, 0.2) is 12.0 Å². The van der Waals surface area contributed by atoms with E-state index in [1.165, 1.54) is 24.9 Å². The molecule has 0 aromatic heterocycles. The van der Waals surface area contributed by atoms with Crippen LogP contribution in [0.1, 0.15) is 75.2 Å². The van der Waals surface area contributed by atoms with Crippen molar-refractivity contribution in [3.8, 4) is 0 Å². The summed E-state index contributed by atoms with van der Waals surface area (Å²) in [5.74, 6) is -0.559. The molecule has 0 spiro atoms. The Kier molecular flexibility index (Phi) is 17.8. The Labute approximate surface area is 318 Å². The van der Waals surface area contributed by atoms with Crippen LogP contribution in [-0.2, 0) is 46.6 Å². The number of carbonyl (C=O) groups excluding carboxylic acids is 2. The average molecular weight is 776 g/mol. The van der Waals surface area contributed by atoms with Crippen LogP contribution in [0.25, 0.3) is 0 Å². The molecule has 2 aromatic carbocycles. The van der Waals surface area contributed by atoms with Crippen LogP contribution in [0.15, 0.2) is 72.4 Å². The average Bonchev–Trinajstić information content (AvgIpc) is 3.46. The summed E-state index contributed by atoms with van der Waals surface area (Å²) in [6, 6.07) is 20.4. The fourth-order valence-corrected chi connectivity index (χ4v) is 13.2. The van der Waals surface area contributed by atoms with Crippen LogP contribution in [0.5, 0.6) is 0 Å². The topological polar surface area (TPSA) is 119 Å². The third-order valence-corrected chi connectivity index (χ3v) is 16.5. The highest BCUT2D eigenvalue weighted by molar-refractivity contribution is 7.53. The van der Waals surface area contributed by atoms with Crippen LogP contribution in [0.3, 0.4) is 0 Å². The maximum atomic E-state index is 14.3. The van der Waals surface area contributed by atoms with E-state index in [9.17, 15) is 14.2 Å². The van der Waals surface area contributed by atoms with Gasteiger partial charge in [-0.1, -0.05) is 94.8 Å². The van der Waals surface area contributed by atoms with Crippen molar-refractivity contribution in [1.29, 1.82) is 0 Å². The van der Waals surface area contributed by atoms with E-state index in [-0.39, 0.29) is 44.3 Å². The molecule has 0 radical (unpaired) electrons. The third kappa shape index (κ3) is 11.5. The first-order chi connectivity index (χ1) is 25.2. The first-order valence-corrected chi connectivity index (χ1v) is 22.4. The number of hydrogen-bond donors (Lipinski definition) is 0. The Morgan fingerprint density at radius 3 is 1.91 bits per heavy atom. The SMILES string of the molecule is CCCCO[C@H](CP(=O)(OCC)OCC)[C@H]1O[C@@H](N(/C=C(/C)C(C)=O)C(C)=O)[C@H](OCCOC)[C@@H]1O[Si](c1ccccc1)(c1ccccc1)C(C)(C)C. The summed E-state index contributed by atoms with van der Waals surface area (Å²) in [4.78, 5) is 27.4. The zero-order chi connectivity index (χ0) is 39.2. The zero-order valence-electron chi connectivity index (χ0n) is 33.4. The van der Waals surface area contributed by atoms with Gasteiger partial charge in [0.05, 0.1) is 38.7 Å². The molecular weight excluding hydrogens is 713 g/mol. The second kappa shape index (κ2) is 21.0. The van der Waals surface area contributed by atoms with Gasteiger partial charge in [0, 0.05) is 32.4 Å². The molecule has 1 aliphatic rings. The third-order valence-electron chi connectivity index (χ3n) is 9.33. The number of unbranched alkanes of at least 4 members (excludes halogenated alkanes) is 1. The number of ketones is 1. The van der Waals surface area contributed by atoms with Crippen LogP contribution >= 0.6 is 7.60 Å². The lowest BCUT2D eigenvalue weighted by Gasteiger charge is -2.46. The molecule has 0 saturated carbocycles. The molecule has 0 unspecified atom stereocenters. The number of ether oxygens (including phenoxy) is 4. The molecule has 53 heavy (non-hydrogen) atoms. The second-order valence-corrected chi connectivity index (χ2v) is 20.6. The highest BCUT2D eigenvalue weighted by Gasteiger charge is 2.59. The molecule has 0 bridgehead atoms. The summed E-state index contributed by atoms with van der Waals surface area (Å²) in [5, 5.41) is 1.63. The number of amides is 1. The van der Waals surface area contributed by atoms with Gasteiger partial charge in [0.1, 0.15) is 18.3 Å². The van der Waals surface area contributed by atoms with E-state index in [0.29, 0.717) is 12.2 Å². The van der Waals surface area contributed by atoms with Gasteiger partial charge in [-0.15, -0.1) is 0 Å². The lowest BCUT2D eigenvalue weighted by molar-refractivity contribution is -0.151. The molecule has 1 aliphatic heterocycles. The quantitative estimate of drug-likeness (QED) is 0.0569. The van der Waals surface area contributed by atoms with Gasteiger partial charge in [-0.05, 0) is 49.5 Å². The highest BCUT2D eigenvalue weighted by atomic mass is 31.2. The standard InChI is InChI=1S/C40H62NO10PSi/c1-11-14-25-46-35(29-52(44,48-12-2)49-13-3)36-37(38(47-27-26-45-10)39(50-36)41(32(6)43)28-30(4)31(5)42)51-53(40(7,8)9,33-21-17-15-18-22-33)34-23-19-16-20-24-34/h15-24,28,35-39H,11-14,25-27,29H2,1-10H3/b30-28-/t35-,36-,37-,38-,39-/m1/s1. The Morgan fingerprint density at radius 2 is 1.45 bits per heavy atom. The monoisotopic (exact) mass is 775 g/mol. The summed E-state index contributed by atoms with van der Waals surface area (Å²) in [7, 11) is -5.42. The van der Waals surface area contributed by atoms with Crippen LogP contribution < -0.4 is 10.4 Å². The summed E-state index contributed by atoms with van der Waals surface area (Å²) in [6.07, 6.45) is -1.62. The molecule has 1 amide bonds. The molecule has 1 fully saturated rings. The fraction of sp³-hybridized carbons (Fsp3) is 0.600. The second-order valence-electron chi connectivity index (χ2n) is 14.3. The maximum Gasteiger partial charge on any atom is 0.333 e. The molecule has 1 saturated heterocycles. The van der Waals surface area contributed by atoms with Gasteiger partial charge in [-0.2, -0.15) is 0 Å². The molecule has 2 aromatic rings. The predicted molar refractivity (Wildman–Crippen MR) is 210 cm³/mol. The predicted octanol–water partition coefficient (Wildman–Crippen LogP) is 6.48. The smallest absolute Gasteiger partial charge is 0.333 e. The first kappa shape index (κ1) is 44.9. The molecule has 13 heteroatoms. The van der Waals surface area contributed by atoms with Crippen molar-refractivity contribution in [2.75, 3.05) is 46.3 Å². The maximum absolute atomic E-state index is 14.3. The molecule has 11 nitrogen and oxygen atoms in total. The van der Waals surface area contributed by atoms with Crippen LogP contribution in [-0.4, -0.2) is 102 Å². The fourth-order valence-electron chi connectivity index (χ4n) is 6.69. The molecule has 1 heterocycles. The van der Waals surface area contributed by atoms with Gasteiger partial charge in [-0.3, -0.25) is 19.1 Å². The highest BCUT2D eigenvalue weighted by Crippen LogP contribution is 2.51. The minimum atomic E-state index is -3.69. The summed E-state index contributed by atoms with van der Waals surface area (Å²) in [6.45, 7) is 17.8. The number of rotatable bonds is 22. The summed E-state index contributed by atoms with van der Waals surface area (Å²) < 4.78 is 59.3. The van der Waals surface area contributed by atoms with E-state index in [0.717, 1.165) is 23.2 Å². The lowest BCUT2D eigenvalue weighted by atomic mass is 10.1. The minimum absolute atomic E-state index is 0.121. The van der Waals surface area contributed by atoms with Crippen LogP contribution in [0.2, 0.25) is 5.04 Å². The number of Topliss-reactive ketones (excluding diaryl/α,β-unsaturated/α-hetero) is 1. The van der Waals surface area contributed by atoms with Crippen molar-refractivity contribution in [3.05, 3.63) is 72.4 Å². The summed E-state index contributed by atoms with van der Waals surface area (Å²) in [5.41, 5.74) is 0.361. The van der Waals surface area contributed by atoms with Crippen molar-refractivity contribution < 1.29 is 46.6 Å². The Morgan fingerprint density at radius 1 is 0.887 bits per heavy atom. The van der Waals surface area contributed by atoms with E-state index in [1.54, 1.807) is 27.9 Å². The number of methoxy groups -OCH3 is 1. The van der Waals surface area contributed by atoms with Gasteiger partial charge < -0.3 is 32.4 Å². The van der Waals surface area contributed by atoms with Gasteiger partial charge in [-0.25, -0.2) is 0 Å². The van der Waals surface area contributed by atoms with E-state index >= 15 is 0 Å². The van der Waals surface area contributed by atoms with Crippen molar-refractivity contribution in [2.24, 2.45) is 0 Å². The van der Waals surface area contributed by atoms with Gasteiger partial charge >= 0.3 is 7.60 Å². The van der Waals surface area contributed by atoms with E-state index < -0.39 is 51.6 Å². The molecule has 0 N–H and O–H groups in total. The molecule has 3 rings (SSSR count). The molecular formula is C40H62NO10PSi. The minimum Gasteiger partial charge on any atom is -0.399 e. The number of carbonyl (C=O) groups is 2. The van der Waals surface area contributed by atoms with Crippen LogP contribution in [0.4, 0.5) is 0 Å². The lowest BCUT2D eigenvalue weighted by Crippen LogP contribution is -2.69. The number of allylic oxidation sites excluding steroid dienone is 1.